The highest BCUT2D eigenvalue weighted by atomic mass is 16.8. The van der Waals surface area contributed by atoms with Crippen LogP contribution in [0.3, 0.4) is 0 Å². The van der Waals surface area contributed by atoms with E-state index >= 15 is 0 Å². The van der Waals surface area contributed by atoms with Crippen LogP contribution in [0.15, 0.2) is 24.3 Å². The average molecular weight is 609 g/mol. The molecular formula is C38H56O6. The normalized spacial score (nSPS) is 29.6. The molecule has 6 nitrogen and oxygen atoms in total. The van der Waals surface area contributed by atoms with Crippen LogP contribution in [0.25, 0.3) is 0 Å². The van der Waals surface area contributed by atoms with Gasteiger partial charge in [0.15, 0.2) is 11.5 Å². The van der Waals surface area contributed by atoms with Crippen molar-refractivity contribution in [3.8, 4) is 11.5 Å². The highest BCUT2D eigenvalue weighted by Crippen LogP contribution is 2.69. The van der Waals surface area contributed by atoms with Crippen molar-refractivity contribution in [1.29, 1.82) is 0 Å². The maximum atomic E-state index is 12.5. The SMILES string of the molecule is C=C1CC[C@@]2(O)C3Cc4ccc(OCOC(=O)OCCCCCCCCCCCCCC)c5c4[C@@]2(CC[C@@H]3CC2CC2)[C@H]1O5. The molecule has 2 bridgehead atoms. The summed E-state index contributed by atoms with van der Waals surface area (Å²) in [4.78, 5) is 12.2. The molecule has 5 atom stereocenters. The fraction of sp³-hybridized carbons (Fsp3) is 0.763. The third-order valence-corrected chi connectivity index (χ3v) is 11.8. The van der Waals surface area contributed by atoms with Gasteiger partial charge in [0.05, 0.1) is 17.6 Å². The second kappa shape index (κ2) is 14.1. The summed E-state index contributed by atoms with van der Waals surface area (Å²) in [5, 5.41) is 12.5. The second-order valence-electron chi connectivity index (χ2n) is 14.7. The summed E-state index contributed by atoms with van der Waals surface area (Å²) in [5.74, 6) is 2.98. The lowest BCUT2D eigenvalue weighted by Gasteiger charge is -2.62. The molecule has 6 heteroatoms. The van der Waals surface area contributed by atoms with Gasteiger partial charge in [-0.3, -0.25) is 0 Å². The minimum absolute atomic E-state index is 0.231. The van der Waals surface area contributed by atoms with E-state index < -0.39 is 17.2 Å². The predicted octanol–water partition coefficient (Wildman–Crippen LogP) is 9.34. The number of hydrogen-bond acceptors (Lipinski definition) is 6. The molecule has 4 aliphatic carbocycles. The number of carbonyl (C=O) groups excluding carboxylic acids is 1. The van der Waals surface area contributed by atoms with Crippen molar-refractivity contribution in [3.63, 3.8) is 0 Å². The minimum atomic E-state index is -0.776. The first-order valence-corrected chi connectivity index (χ1v) is 18.1. The van der Waals surface area contributed by atoms with E-state index in [9.17, 15) is 9.90 Å². The van der Waals surface area contributed by atoms with Gasteiger partial charge in [0, 0.05) is 5.56 Å². The zero-order valence-electron chi connectivity index (χ0n) is 27.2. The van der Waals surface area contributed by atoms with Gasteiger partial charge in [-0.25, -0.2) is 4.79 Å². The summed E-state index contributed by atoms with van der Waals surface area (Å²) < 4.78 is 23.2. The zero-order chi connectivity index (χ0) is 30.6. The van der Waals surface area contributed by atoms with Crippen molar-refractivity contribution < 1.29 is 28.8 Å². The molecule has 5 aliphatic rings. The highest BCUT2D eigenvalue weighted by molar-refractivity contribution is 5.64. The molecule has 6 rings (SSSR count). The largest absolute Gasteiger partial charge is 0.511 e. The van der Waals surface area contributed by atoms with E-state index in [2.05, 4.69) is 19.6 Å². The maximum absolute atomic E-state index is 12.5. The summed E-state index contributed by atoms with van der Waals surface area (Å²) in [6.45, 7) is 6.81. The van der Waals surface area contributed by atoms with Crippen LogP contribution in [0.4, 0.5) is 4.79 Å². The molecule has 3 fully saturated rings. The smallest absolute Gasteiger partial charge is 0.481 e. The first kappa shape index (κ1) is 31.8. The Morgan fingerprint density at radius 1 is 0.955 bits per heavy atom. The van der Waals surface area contributed by atoms with E-state index in [0.717, 1.165) is 62.0 Å². The van der Waals surface area contributed by atoms with E-state index in [1.807, 2.05) is 6.07 Å². The summed E-state index contributed by atoms with van der Waals surface area (Å²) in [6.07, 6.45) is 22.7. The highest BCUT2D eigenvalue weighted by Gasteiger charge is 2.72. The molecule has 1 aliphatic heterocycles. The Morgan fingerprint density at radius 2 is 1.66 bits per heavy atom. The molecule has 3 saturated carbocycles. The first-order valence-electron chi connectivity index (χ1n) is 18.1. The van der Waals surface area contributed by atoms with Crippen LogP contribution in [-0.2, 0) is 21.3 Å². The summed E-state index contributed by atoms with van der Waals surface area (Å²) >= 11 is 0. The molecule has 0 amide bonds. The van der Waals surface area contributed by atoms with E-state index in [0.29, 0.717) is 24.0 Å². The van der Waals surface area contributed by atoms with Crippen LogP contribution in [-0.4, -0.2) is 36.4 Å². The number of aliphatic hydroxyl groups is 1. The molecule has 1 aromatic rings. The van der Waals surface area contributed by atoms with Gasteiger partial charge in [-0.05, 0) is 79.9 Å². The second-order valence-corrected chi connectivity index (χ2v) is 14.7. The third kappa shape index (κ3) is 6.26. The van der Waals surface area contributed by atoms with E-state index in [-0.39, 0.29) is 18.8 Å². The standard InChI is InChI=1S/C38H56O6/c1-3-4-5-6-7-8-9-10-11-12-13-14-23-41-36(39)43-26-42-32-18-17-30-25-31-29(24-28-15-16-28)20-21-37-33(30)34(32)44-35(37)27(2)19-22-38(31,37)40/h17-18,28-29,31,35,40H,2-16,19-26H2,1H3/t29-,31?,35+,37+,38-/m1/s1. The molecule has 44 heavy (non-hydrogen) atoms. The fourth-order valence-electron chi connectivity index (χ4n) is 9.33. The predicted molar refractivity (Wildman–Crippen MR) is 172 cm³/mol. The van der Waals surface area contributed by atoms with E-state index in [4.69, 9.17) is 18.9 Å². The van der Waals surface area contributed by atoms with Gasteiger partial charge in [-0.1, -0.05) is 103 Å². The Balaban J connectivity index is 0.955. The Bertz CT molecular complexity index is 1160. The number of hydrogen-bond donors (Lipinski definition) is 1. The number of unbranched alkanes of at least 4 members (excludes halogenated alkanes) is 11. The van der Waals surface area contributed by atoms with Gasteiger partial charge in [0.2, 0.25) is 6.79 Å². The van der Waals surface area contributed by atoms with E-state index in [1.54, 1.807) is 0 Å². The summed E-state index contributed by atoms with van der Waals surface area (Å²) in [5.41, 5.74) is 2.24. The Hall–Kier alpha value is -2.21. The lowest BCUT2D eigenvalue weighted by molar-refractivity contribution is -0.174. The molecule has 0 aromatic heterocycles. The molecule has 1 aromatic carbocycles. The molecule has 0 saturated heterocycles. The molecule has 1 spiro atoms. The van der Waals surface area contributed by atoms with Gasteiger partial charge >= 0.3 is 6.16 Å². The molecule has 1 N–H and O–H groups in total. The maximum Gasteiger partial charge on any atom is 0.511 e. The van der Waals surface area contributed by atoms with Crippen LogP contribution in [0.1, 0.15) is 140 Å². The lowest BCUT2D eigenvalue weighted by atomic mass is 9.43. The molecule has 1 unspecified atom stereocenters. The lowest BCUT2D eigenvalue weighted by Crippen LogP contribution is -2.69. The van der Waals surface area contributed by atoms with Crippen LogP contribution in [0, 0.1) is 17.8 Å². The van der Waals surface area contributed by atoms with Crippen molar-refractivity contribution in [1.82, 2.24) is 0 Å². The van der Waals surface area contributed by atoms with Crippen LogP contribution < -0.4 is 9.47 Å². The van der Waals surface area contributed by atoms with Crippen LogP contribution >= 0.6 is 0 Å². The summed E-state index contributed by atoms with van der Waals surface area (Å²) in [6, 6.07) is 4.10. The number of benzene rings is 1. The van der Waals surface area contributed by atoms with Crippen molar-refractivity contribution in [2.24, 2.45) is 17.8 Å². The minimum Gasteiger partial charge on any atom is -0.481 e. The molecule has 244 valence electrons. The van der Waals surface area contributed by atoms with E-state index in [1.165, 1.54) is 89.0 Å². The van der Waals surface area contributed by atoms with Crippen molar-refractivity contribution >= 4 is 6.16 Å². The quantitative estimate of drug-likeness (QED) is 0.0775. The number of rotatable bonds is 18. The monoisotopic (exact) mass is 608 g/mol. The van der Waals surface area contributed by atoms with Crippen molar-refractivity contribution in [2.45, 2.75) is 152 Å². The topological polar surface area (TPSA) is 74.2 Å². The fourth-order valence-corrected chi connectivity index (χ4v) is 9.33. The van der Waals surface area contributed by atoms with Gasteiger partial charge in [0.25, 0.3) is 0 Å². The van der Waals surface area contributed by atoms with Crippen molar-refractivity contribution in [3.05, 3.63) is 35.4 Å². The van der Waals surface area contributed by atoms with Gasteiger partial charge in [-0.2, -0.15) is 0 Å². The van der Waals surface area contributed by atoms with Gasteiger partial charge in [0.1, 0.15) is 6.10 Å². The number of carbonyl (C=O) groups is 1. The Labute approximate surface area is 265 Å². The zero-order valence-corrected chi connectivity index (χ0v) is 27.2. The molecular weight excluding hydrogens is 552 g/mol. The first-order chi connectivity index (χ1) is 21.5. The van der Waals surface area contributed by atoms with Crippen molar-refractivity contribution in [2.75, 3.05) is 13.4 Å². The number of ether oxygens (including phenoxy) is 4. The van der Waals surface area contributed by atoms with Crippen LogP contribution in [0.5, 0.6) is 11.5 Å². The average Bonchev–Trinajstić information content (AvgIpc) is 3.76. The van der Waals surface area contributed by atoms with Crippen LogP contribution in [0.2, 0.25) is 0 Å². The Kier molecular flexibility index (Phi) is 10.1. The third-order valence-electron chi connectivity index (χ3n) is 11.8. The molecule has 1 heterocycles. The Morgan fingerprint density at radius 3 is 2.36 bits per heavy atom. The van der Waals surface area contributed by atoms with Gasteiger partial charge < -0.3 is 24.1 Å². The van der Waals surface area contributed by atoms with Gasteiger partial charge in [-0.15, -0.1) is 0 Å². The summed E-state index contributed by atoms with van der Waals surface area (Å²) in [7, 11) is 0. The molecule has 0 radical (unpaired) electrons.